The van der Waals surface area contributed by atoms with E-state index in [1.54, 1.807) is 11.1 Å². The van der Waals surface area contributed by atoms with Gasteiger partial charge < -0.3 is 14.7 Å². The van der Waals surface area contributed by atoms with E-state index in [-0.39, 0.29) is 23.6 Å². The normalized spacial score (nSPS) is 18.6. The highest BCUT2D eigenvalue weighted by Crippen LogP contribution is 2.29. The first-order valence-corrected chi connectivity index (χ1v) is 12.2. The second-order valence-electron chi connectivity index (χ2n) is 9.40. The van der Waals surface area contributed by atoms with Gasteiger partial charge in [0.2, 0.25) is 0 Å². The molecule has 0 unspecified atom stereocenters. The van der Waals surface area contributed by atoms with Gasteiger partial charge in [-0.15, -0.1) is 0 Å². The largest absolute Gasteiger partial charge is 0.374 e. The Kier molecular flexibility index (Phi) is 7.99. The molecule has 2 fully saturated rings. The van der Waals surface area contributed by atoms with Gasteiger partial charge >= 0.3 is 0 Å². The number of carbonyl (C=O) groups excluding carboxylic acids is 1. The van der Waals surface area contributed by atoms with Crippen LogP contribution in [-0.2, 0) is 4.79 Å². The van der Waals surface area contributed by atoms with Crippen LogP contribution in [0.15, 0.2) is 72.4 Å². The molecule has 2 aromatic rings. The maximum atomic E-state index is 13.1. The van der Waals surface area contributed by atoms with Crippen LogP contribution in [0.25, 0.3) is 0 Å². The predicted octanol–water partition coefficient (Wildman–Crippen LogP) is 3.35. The van der Waals surface area contributed by atoms with Gasteiger partial charge in [0.25, 0.3) is 5.91 Å². The number of amides is 1. The molecule has 0 radical (unpaired) electrons. The van der Waals surface area contributed by atoms with E-state index in [1.807, 2.05) is 7.05 Å². The number of carbonyl (C=O) groups is 1. The van der Waals surface area contributed by atoms with Crippen molar-refractivity contribution in [2.45, 2.75) is 24.9 Å². The van der Waals surface area contributed by atoms with Crippen LogP contribution in [0.2, 0.25) is 0 Å². The number of nitrogens with zero attached hydrogens (tertiary/aromatic N) is 5. The molecule has 6 heteroatoms. The fourth-order valence-electron chi connectivity index (χ4n) is 5.06. The Balaban J connectivity index is 1.42. The van der Waals surface area contributed by atoms with Crippen molar-refractivity contribution in [3.05, 3.63) is 83.6 Å². The number of piperidine rings is 1. The number of piperazine rings is 1. The van der Waals surface area contributed by atoms with Gasteiger partial charge in [-0.1, -0.05) is 60.7 Å². The summed E-state index contributed by atoms with van der Waals surface area (Å²) in [5.41, 5.74) is 2.80. The highest BCUT2D eigenvalue weighted by molar-refractivity contribution is 5.97. The van der Waals surface area contributed by atoms with Crippen LogP contribution in [0, 0.1) is 11.3 Å². The number of likely N-dealkylation sites (N-methyl/N-ethyl adjacent to an activating group) is 1. The Morgan fingerprint density at radius 3 is 1.97 bits per heavy atom. The average molecular weight is 458 g/mol. The summed E-state index contributed by atoms with van der Waals surface area (Å²) in [5, 5.41) is 9.74. The fraction of sp³-hybridized carbons (Fsp3) is 0.429. The Morgan fingerprint density at radius 2 is 1.47 bits per heavy atom. The molecule has 4 rings (SSSR count). The minimum Gasteiger partial charge on any atom is -0.374 e. The van der Waals surface area contributed by atoms with Gasteiger partial charge in [0, 0.05) is 45.5 Å². The number of hydrogen-bond donors (Lipinski definition) is 0. The summed E-state index contributed by atoms with van der Waals surface area (Å²) < 4.78 is 0. The van der Waals surface area contributed by atoms with Crippen LogP contribution < -0.4 is 0 Å². The molecule has 0 spiro atoms. The molecule has 0 saturated carbocycles. The van der Waals surface area contributed by atoms with E-state index in [0.717, 1.165) is 52.1 Å². The summed E-state index contributed by atoms with van der Waals surface area (Å²) in [4.78, 5) is 21.7. The number of likely N-dealkylation sites (tertiary alicyclic amines) is 1. The minimum absolute atomic E-state index is 0.161. The molecule has 6 nitrogen and oxygen atoms in total. The standard InChI is InChI=1S/C28H35N5O/c1-30-15-13-26(14-16-30)31(2)28(34)25(21-29)22-32-17-19-33(20-18-32)27(23-9-5-3-6-10-23)24-11-7-4-8-12-24/h3-12,22,26-27H,13-20H2,1-2H3/b25-22-. The Hall–Kier alpha value is -3.14. The number of benzene rings is 2. The van der Waals surface area contributed by atoms with E-state index < -0.39 is 0 Å². The highest BCUT2D eigenvalue weighted by Gasteiger charge is 2.28. The van der Waals surface area contributed by atoms with Crippen molar-refractivity contribution in [2.24, 2.45) is 0 Å². The fourth-order valence-corrected chi connectivity index (χ4v) is 5.06. The monoisotopic (exact) mass is 457 g/mol. The van der Waals surface area contributed by atoms with E-state index in [1.165, 1.54) is 11.1 Å². The summed E-state index contributed by atoms with van der Waals surface area (Å²) in [6.45, 7) is 5.27. The lowest BCUT2D eigenvalue weighted by molar-refractivity contribution is -0.128. The molecule has 0 bridgehead atoms. The summed E-state index contributed by atoms with van der Waals surface area (Å²) >= 11 is 0. The van der Waals surface area contributed by atoms with Crippen LogP contribution in [0.3, 0.4) is 0 Å². The second-order valence-corrected chi connectivity index (χ2v) is 9.40. The summed E-state index contributed by atoms with van der Waals surface area (Å²) in [7, 11) is 3.95. The van der Waals surface area contributed by atoms with Gasteiger partial charge in [-0.25, -0.2) is 0 Å². The predicted molar refractivity (Wildman–Crippen MR) is 135 cm³/mol. The van der Waals surface area contributed by atoms with E-state index in [9.17, 15) is 10.1 Å². The highest BCUT2D eigenvalue weighted by atomic mass is 16.2. The lowest BCUT2D eigenvalue weighted by Gasteiger charge is -2.39. The second kappa shape index (κ2) is 11.3. The van der Waals surface area contributed by atoms with Gasteiger partial charge in [-0.2, -0.15) is 5.26 Å². The van der Waals surface area contributed by atoms with E-state index in [4.69, 9.17) is 0 Å². The molecular formula is C28H35N5O. The van der Waals surface area contributed by atoms with Crippen LogP contribution in [0.1, 0.15) is 30.0 Å². The molecule has 2 heterocycles. The summed E-state index contributed by atoms with van der Waals surface area (Å²) in [6, 6.07) is 23.8. The number of hydrogen-bond acceptors (Lipinski definition) is 5. The van der Waals surface area contributed by atoms with Crippen molar-refractivity contribution in [3.63, 3.8) is 0 Å². The van der Waals surface area contributed by atoms with Crippen LogP contribution >= 0.6 is 0 Å². The first-order chi connectivity index (χ1) is 16.6. The van der Waals surface area contributed by atoms with E-state index in [0.29, 0.717) is 0 Å². The molecule has 34 heavy (non-hydrogen) atoms. The van der Waals surface area contributed by atoms with Crippen molar-refractivity contribution >= 4 is 5.91 Å². The zero-order chi connectivity index (χ0) is 23.9. The first-order valence-electron chi connectivity index (χ1n) is 12.2. The van der Waals surface area contributed by atoms with Gasteiger partial charge in [0.1, 0.15) is 11.6 Å². The molecule has 0 aromatic heterocycles. The van der Waals surface area contributed by atoms with Crippen LogP contribution in [-0.4, -0.2) is 84.9 Å². The Bertz CT molecular complexity index is 961. The molecule has 2 saturated heterocycles. The third-order valence-corrected chi connectivity index (χ3v) is 7.16. The molecule has 0 atom stereocenters. The van der Waals surface area contributed by atoms with Crippen molar-refractivity contribution in [1.29, 1.82) is 5.26 Å². The maximum Gasteiger partial charge on any atom is 0.265 e. The van der Waals surface area contributed by atoms with Crippen molar-refractivity contribution in [1.82, 2.24) is 19.6 Å². The zero-order valence-electron chi connectivity index (χ0n) is 20.3. The van der Waals surface area contributed by atoms with Crippen molar-refractivity contribution < 1.29 is 4.79 Å². The van der Waals surface area contributed by atoms with Gasteiger partial charge in [-0.05, 0) is 44.1 Å². The van der Waals surface area contributed by atoms with E-state index in [2.05, 4.69) is 88.5 Å². The van der Waals surface area contributed by atoms with Crippen molar-refractivity contribution in [3.8, 4) is 6.07 Å². The summed E-state index contributed by atoms with van der Waals surface area (Å²) in [5.74, 6) is -0.161. The third kappa shape index (κ3) is 5.67. The lowest BCUT2D eigenvalue weighted by atomic mass is 9.96. The quantitative estimate of drug-likeness (QED) is 0.492. The first kappa shape index (κ1) is 24.0. The Morgan fingerprint density at radius 1 is 0.941 bits per heavy atom. The van der Waals surface area contributed by atoms with E-state index >= 15 is 0 Å². The zero-order valence-corrected chi connectivity index (χ0v) is 20.3. The summed E-state index contributed by atoms with van der Waals surface area (Å²) in [6.07, 6.45) is 3.69. The number of rotatable bonds is 6. The number of nitriles is 1. The molecule has 2 aliphatic rings. The minimum atomic E-state index is -0.161. The smallest absolute Gasteiger partial charge is 0.265 e. The maximum absolute atomic E-state index is 13.1. The lowest BCUT2D eigenvalue weighted by Crippen LogP contribution is -2.47. The van der Waals surface area contributed by atoms with Crippen LogP contribution in [0.4, 0.5) is 0 Å². The molecule has 178 valence electrons. The Labute approximate surface area is 203 Å². The molecule has 0 aliphatic carbocycles. The van der Waals surface area contributed by atoms with Gasteiger partial charge in [0.15, 0.2) is 0 Å². The molecule has 1 amide bonds. The topological polar surface area (TPSA) is 53.8 Å². The average Bonchev–Trinajstić information content (AvgIpc) is 2.89. The molecule has 0 N–H and O–H groups in total. The molecular weight excluding hydrogens is 422 g/mol. The third-order valence-electron chi connectivity index (χ3n) is 7.16. The van der Waals surface area contributed by atoms with Crippen LogP contribution in [0.5, 0.6) is 0 Å². The van der Waals surface area contributed by atoms with Crippen molar-refractivity contribution in [2.75, 3.05) is 53.4 Å². The van der Waals surface area contributed by atoms with Gasteiger partial charge in [-0.3, -0.25) is 9.69 Å². The molecule has 2 aromatic carbocycles. The SMILES string of the molecule is CN1CCC(N(C)C(=O)/C(C#N)=C\N2CCN(C(c3ccccc3)c3ccccc3)CC2)CC1. The molecule has 2 aliphatic heterocycles. The van der Waals surface area contributed by atoms with Gasteiger partial charge in [0.05, 0.1) is 6.04 Å².